The SMILES string of the molecule is COc1ccc(CN2CCc3nn(C)c4nc(NCC5=CCCC=C5)nc2c34)cc1. The molecule has 0 spiro atoms. The molecule has 30 heavy (non-hydrogen) atoms. The van der Waals surface area contributed by atoms with Crippen LogP contribution in [0.3, 0.4) is 0 Å². The molecule has 7 nitrogen and oxygen atoms in total. The van der Waals surface area contributed by atoms with Crippen LogP contribution < -0.4 is 15.0 Å². The Labute approximate surface area is 176 Å². The lowest BCUT2D eigenvalue weighted by Crippen LogP contribution is -2.29. The molecule has 0 saturated carbocycles. The molecular weight excluding hydrogens is 376 g/mol. The van der Waals surface area contributed by atoms with Crippen LogP contribution in [0.15, 0.2) is 48.1 Å². The Morgan fingerprint density at radius 1 is 1.13 bits per heavy atom. The second-order valence-electron chi connectivity index (χ2n) is 7.77. The van der Waals surface area contributed by atoms with Gasteiger partial charge in [-0.1, -0.05) is 30.4 Å². The molecule has 0 saturated heterocycles. The third-order valence-electron chi connectivity index (χ3n) is 5.71. The Kier molecular flexibility index (Phi) is 4.86. The maximum atomic E-state index is 5.28. The van der Waals surface area contributed by atoms with Crippen LogP contribution in [0.25, 0.3) is 11.0 Å². The minimum Gasteiger partial charge on any atom is -0.497 e. The second kappa shape index (κ2) is 7.82. The van der Waals surface area contributed by atoms with Crippen LogP contribution in [0.2, 0.25) is 0 Å². The van der Waals surface area contributed by atoms with Crippen molar-refractivity contribution in [2.45, 2.75) is 25.8 Å². The summed E-state index contributed by atoms with van der Waals surface area (Å²) in [4.78, 5) is 12.0. The van der Waals surface area contributed by atoms with E-state index in [9.17, 15) is 0 Å². The predicted molar refractivity (Wildman–Crippen MR) is 119 cm³/mol. The summed E-state index contributed by atoms with van der Waals surface area (Å²) in [6, 6.07) is 8.22. The summed E-state index contributed by atoms with van der Waals surface area (Å²) in [6.07, 6.45) is 9.78. The second-order valence-corrected chi connectivity index (χ2v) is 7.77. The van der Waals surface area contributed by atoms with Crippen LogP contribution in [0.5, 0.6) is 5.75 Å². The Morgan fingerprint density at radius 3 is 2.77 bits per heavy atom. The van der Waals surface area contributed by atoms with E-state index in [0.717, 1.165) is 67.2 Å². The van der Waals surface area contributed by atoms with Gasteiger partial charge in [0.25, 0.3) is 0 Å². The van der Waals surface area contributed by atoms with Gasteiger partial charge in [-0.2, -0.15) is 15.1 Å². The van der Waals surface area contributed by atoms with Gasteiger partial charge in [-0.15, -0.1) is 0 Å². The van der Waals surface area contributed by atoms with Crippen molar-refractivity contribution >= 4 is 22.8 Å². The fourth-order valence-electron chi connectivity index (χ4n) is 4.12. The molecule has 3 aromatic rings. The zero-order chi connectivity index (χ0) is 20.5. The van der Waals surface area contributed by atoms with E-state index in [1.165, 1.54) is 11.1 Å². The monoisotopic (exact) mass is 402 g/mol. The number of allylic oxidation sites excluding steroid dienone is 2. The van der Waals surface area contributed by atoms with Gasteiger partial charge in [-0.25, -0.2) is 4.68 Å². The number of ether oxygens (including phenoxy) is 1. The van der Waals surface area contributed by atoms with Crippen LogP contribution in [0.1, 0.15) is 24.1 Å². The molecule has 7 heteroatoms. The highest BCUT2D eigenvalue weighted by atomic mass is 16.5. The first kappa shape index (κ1) is 18.7. The third kappa shape index (κ3) is 3.51. The van der Waals surface area contributed by atoms with Crippen LogP contribution in [-0.2, 0) is 20.0 Å². The predicted octanol–water partition coefficient (Wildman–Crippen LogP) is 3.62. The average Bonchev–Trinajstić information content (AvgIpc) is 3.11. The minimum absolute atomic E-state index is 0.647. The summed E-state index contributed by atoms with van der Waals surface area (Å²) >= 11 is 0. The molecule has 0 bridgehead atoms. The first-order chi connectivity index (χ1) is 14.7. The number of aryl methyl sites for hydroxylation is 1. The van der Waals surface area contributed by atoms with E-state index in [2.05, 4.69) is 40.6 Å². The molecule has 2 aliphatic rings. The van der Waals surface area contributed by atoms with E-state index in [1.807, 2.05) is 23.9 Å². The number of rotatable bonds is 6. The maximum Gasteiger partial charge on any atom is 0.227 e. The summed E-state index contributed by atoms with van der Waals surface area (Å²) in [5.74, 6) is 2.48. The van der Waals surface area contributed by atoms with Crippen LogP contribution in [-0.4, -0.2) is 39.9 Å². The van der Waals surface area contributed by atoms with E-state index in [4.69, 9.17) is 19.8 Å². The van der Waals surface area contributed by atoms with Crippen LogP contribution in [0.4, 0.5) is 11.8 Å². The Bertz CT molecular complexity index is 1130. The molecule has 154 valence electrons. The van der Waals surface area contributed by atoms with Crippen molar-refractivity contribution in [2.75, 3.05) is 30.4 Å². The standard InChI is InChI=1S/C23H26N6O/c1-28-21-20-19(27-28)12-13-29(15-17-8-10-18(30-2)11-9-17)22(20)26-23(25-21)24-14-16-6-4-3-5-7-16/h4,6-11H,3,5,12-15H2,1-2H3,(H,24,25,26). The lowest BCUT2D eigenvalue weighted by Gasteiger charge is -2.28. The van der Waals surface area contributed by atoms with Gasteiger partial charge in [0.05, 0.1) is 18.2 Å². The number of aromatic nitrogens is 4. The lowest BCUT2D eigenvalue weighted by atomic mass is 10.1. The molecule has 1 aliphatic heterocycles. The van der Waals surface area contributed by atoms with Crippen molar-refractivity contribution in [1.82, 2.24) is 19.7 Å². The summed E-state index contributed by atoms with van der Waals surface area (Å²) < 4.78 is 7.16. The quantitative estimate of drug-likeness (QED) is 0.679. The average molecular weight is 403 g/mol. The zero-order valence-electron chi connectivity index (χ0n) is 17.4. The number of anilines is 2. The highest BCUT2D eigenvalue weighted by Crippen LogP contribution is 2.33. The highest BCUT2D eigenvalue weighted by Gasteiger charge is 2.26. The lowest BCUT2D eigenvalue weighted by molar-refractivity contribution is 0.414. The van der Waals surface area contributed by atoms with Crippen molar-refractivity contribution in [2.24, 2.45) is 7.05 Å². The van der Waals surface area contributed by atoms with Gasteiger partial charge in [-0.05, 0) is 36.1 Å². The minimum atomic E-state index is 0.647. The Morgan fingerprint density at radius 2 is 2.00 bits per heavy atom. The molecule has 0 radical (unpaired) electrons. The molecule has 5 rings (SSSR count). The third-order valence-corrected chi connectivity index (χ3v) is 5.71. The van der Waals surface area contributed by atoms with Crippen LogP contribution >= 0.6 is 0 Å². The number of nitrogens with one attached hydrogen (secondary N) is 1. The molecule has 0 unspecified atom stereocenters. The van der Waals surface area contributed by atoms with Gasteiger partial charge >= 0.3 is 0 Å². The number of hydrogen-bond acceptors (Lipinski definition) is 6. The zero-order valence-corrected chi connectivity index (χ0v) is 17.4. The van der Waals surface area contributed by atoms with Gasteiger partial charge in [-0.3, -0.25) is 0 Å². The Hall–Kier alpha value is -3.35. The fourth-order valence-corrected chi connectivity index (χ4v) is 4.12. The molecule has 1 N–H and O–H groups in total. The smallest absolute Gasteiger partial charge is 0.227 e. The van der Waals surface area contributed by atoms with E-state index in [-0.39, 0.29) is 0 Å². The van der Waals surface area contributed by atoms with Crippen molar-refractivity contribution < 1.29 is 4.74 Å². The molecule has 0 amide bonds. The van der Waals surface area contributed by atoms with Gasteiger partial charge in [0.15, 0.2) is 5.65 Å². The van der Waals surface area contributed by atoms with Gasteiger partial charge in [0.1, 0.15) is 11.6 Å². The highest BCUT2D eigenvalue weighted by molar-refractivity contribution is 5.92. The molecule has 0 fully saturated rings. The summed E-state index contributed by atoms with van der Waals surface area (Å²) in [5, 5.41) is 9.18. The molecule has 1 aromatic carbocycles. The van der Waals surface area contributed by atoms with E-state index >= 15 is 0 Å². The fraction of sp³-hybridized carbons (Fsp3) is 0.348. The number of methoxy groups -OCH3 is 1. The van der Waals surface area contributed by atoms with Gasteiger partial charge < -0.3 is 15.0 Å². The largest absolute Gasteiger partial charge is 0.497 e. The maximum absolute atomic E-state index is 5.28. The Balaban J connectivity index is 1.46. The molecule has 0 atom stereocenters. The van der Waals surface area contributed by atoms with E-state index in [0.29, 0.717) is 5.95 Å². The molecule has 2 aromatic heterocycles. The number of hydrogen-bond donors (Lipinski definition) is 1. The molecular formula is C23H26N6O. The molecule has 3 heterocycles. The first-order valence-corrected chi connectivity index (χ1v) is 10.4. The van der Waals surface area contributed by atoms with E-state index in [1.54, 1.807) is 7.11 Å². The van der Waals surface area contributed by atoms with Crippen molar-refractivity contribution in [3.63, 3.8) is 0 Å². The summed E-state index contributed by atoms with van der Waals surface area (Å²) in [7, 11) is 3.65. The topological polar surface area (TPSA) is 68.1 Å². The van der Waals surface area contributed by atoms with Crippen molar-refractivity contribution in [3.8, 4) is 5.75 Å². The van der Waals surface area contributed by atoms with Crippen molar-refractivity contribution in [3.05, 3.63) is 59.3 Å². The first-order valence-electron chi connectivity index (χ1n) is 10.4. The number of nitrogens with zero attached hydrogens (tertiary/aromatic N) is 5. The van der Waals surface area contributed by atoms with Crippen LogP contribution in [0, 0.1) is 0 Å². The van der Waals surface area contributed by atoms with Crippen molar-refractivity contribution in [1.29, 1.82) is 0 Å². The summed E-state index contributed by atoms with van der Waals surface area (Å²) in [5.41, 5.74) is 4.46. The van der Waals surface area contributed by atoms with Gasteiger partial charge in [0.2, 0.25) is 5.95 Å². The normalized spacial score (nSPS) is 15.4. The summed E-state index contributed by atoms with van der Waals surface area (Å²) in [6.45, 7) is 2.40. The van der Waals surface area contributed by atoms with E-state index < -0.39 is 0 Å². The number of benzene rings is 1. The van der Waals surface area contributed by atoms with Gasteiger partial charge in [0, 0.05) is 33.1 Å². The molecule has 1 aliphatic carbocycles.